The number of hydrogen-bond acceptors (Lipinski definition) is 6. The maximum Gasteiger partial charge on any atom is 0.340 e. The number of hydrogen-bond donors (Lipinski definition) is 1. The number of nitrogens with zero attached hydrogens (tertiary/aromatic N) is 1. The highest BCUT2D eigenvalue weighted by Crippen LogP contribution is 2.16. The van der Waals surface area contributed by atoms with Crippen molar-refractivity contribution in [2.45, 2.75) is 53.0 Å². The van der Waals surface area contributed by atoms with Gasteiger partial charge in [0.2, 0.25) is 11.9 Å². The van der Waals surface area contributed by atoms with E-state index in [0.717, 1.165) is 30.8 Å². The van der Waals surface area contributed by atoms with Gasteiger partial charge in [0.25, 0.3) is 0 Å². The highest BCUT2D eigenvalue weighted by Gasteiger charge is 2.31. The number of benzene rings is 1. The minimum absolute atomic E-state index is 0.115. The fourth-order valence-electron chi connectivity index (χ4n) is 2.77. The molecule has 156 valence electrons. The van der Waals surface area contributed by atoms with Gasteiger partial charge in [0.15, 0.2) is 0 Å². The summed E-state index contributed by atoms with van der Waals surface area (Å²) in [6.07, 6.45) is 1.74. The van der Waals surface area contributed by atoms with Gasteiger partial charge in [-0.15, -0.1) is 0 Å². The third-order valence-electron chi connectivity index (χ3n) is 4.17. The van der Waals surface area contributed by atoms with Crippen LogP contribution in [-0.4, -0.2) is 50.2 Å². The normalized spacial score (nSPS) is 10.5. The Morgan fingerprint density at radius 2 is 1.54 bits per heavy atom. The third-order valence-corrected chi connectivity index (χ3v) is 4.17. The molecule has 0 aromatic heterocycles. The minimum Gasteiger partial charge on any atom is -0.464 e. The molecule has 0 bridgehead atoms. The van der Waals surface area contributed by atoms with E-state index in [-0.39, 0.29) is 19.6 Å². The Morgan fingerprint density at radius 3 is 2.00 bits per heavy atom. The monoisotopic (exact) mass is 392 g/mol. The molecule has 0 radical (unpaired) electrons. The summed E-state index contributed by atoms with van der Waals surface area (Å²) in [7, 11) is 0. The zero-order valence-electron chi connectivity index (χ0n) is 17.3. The van der Waals surface area contributed by atoms with Crippen LogP contribution < -0.4 is 10.2 Å². The van der Waals surface area contributed by atoms with Crippen molar-refractivity contribution in [2.24, 2.45) is 0 Å². The zero-order valence-corrected chi connectivity index (χ0v) is 17.3. The smallest absolute Gasteiger partial charge is 0.340 e. The lowest BCUT2D eigenvalue weighted by atomic mass is 10.1. The summed E-state index contributed by atoms with van der Waals surface area (Å²) in [5.41, 5.74) is 2.16. The fourth-order valence-corrected chi connectivity index (χ4v) is 2.77. The van der Waals surface area contributed by atoms with E-state index < -0.39 is 23.9 Å². The van der Waals surface area contributed by atoms with Crippen LogP contribution in [0.4, 0.5) is 5.69 Å². The number of carbonyl (C=O) groups excluding carboxylic acids is 3. The molecule has 0 atom stereocenters. The molecule has 0 heterocycles. The lowest BCUT2D eigenvalue weighted by molar-refractivity contribution is -0.159. The second-order valence-corrected chi connectivity index (χ2v) is 6.25. The first-order chi connectivity index (χ1) is 13.5. The molecule has 0 aliphatic rings. The zero-order chi connectivity index (χ0) is 20.9. The Labute approximate surface area is 167 Å². The van der Waals surface area contributed by atoms with E-state index in [1.54, 1.807) is 13.8 Å². The quantitative estimate of drug-likeness (QED) is 0.434. The highest BCUT2D eigenvalue weighted by molar-refractivity contribution is 6.02. The largest absolute Gasteiger partial charge is 0.464 e. The standard InChI is InChI=1S/C21H32N2O5/c1-5-15-23(6-2)17-12-9-16(10-13-17)11-14-18(24)22-19(20(25)27-7-3)21(26)28-8-4/h9-10,12-13,19H,5-8,11,14-15H2,1-4H3,(H,22,24). The lowest BCUT2D eigenvalue weighted by Gasteiger charge is -2.22. The van der Waals surface area contributed by atoms with E-state index in [1.165, 1.54) is 0 Å². The average Bonchev–Trinajstić information content (AvgIpc) is 2.69. The molecular formula is C21H32N2O5. The lowest BCUT2D eigenvalue weighted by Crippen LogP contribution is -2.48. The number of anilines is 1. The molecule has 0 spiro atoms. The maximum absolute atomic E-state index is 12.2. The van der Waals surface area contributed by atoms with Gasteiger partial charge in [-0.05, 0) is 51.3 Å². The van der Waals surface area contributed by atoms with Crippen molar-refractivity contribution >= 4 is 23.5 Å². The first-order valence-corrected chi connectivity index (χ1v) is 9.93. The fraction of sp³-hybridized carbons (Fsp3) is 0.571. The van der Waals surface area contributed by atoms with Gasteiger partial charge in [-0.25, -0.2) is 9.59 Å². The molecule has 0 saturated carbocycles. The third kappa shape index (κ3) is 7.58. The van der Waals surface area contributed by atoms with Crippen LogP contribution in [0.25, 0.3) is 0 Å². The van der Waals surface area contributed by atoms with E-state index in [1.807, 2.05) is 24.3 Å². The Balaban J connectivity index is 2.63. The number of rotatable bonds is 12. The molecule has 1 aromatic rings. The Morgan fingerprint density at radius 1 is 0.964 bits per heavy atom. The maximum atomic E-state index is 12.2. The molecule has 1 rings (SSSR count). The average molecular weight is 392 g/mol. The molecular weight excluding hydrogens is 360 g/mol. The summed E-state index contributed by atoms with van der Waals surface area (Å²) < 4.78 is 9.68. The van der Waals surface area contributed by atoms with Crippen molar-refractivity contribution in [3.63, 3.8) is 0 Å². The summed E-state index contributed by atoms with van der Waals surface area (Å²) >= 11 is 0. The number of carbonyl (C=O) groups is 3. The number of nitrogens with one attached hydrogen (secondary N) is 1. The molecule has 0 aliphatic heterocycles. The second kappa shape index (κ2) is 12.8. The predicted molar refractivity (Wildman–Crippen MR) is 108 cm³/mol. The van der Waals surface area contributed by atoms with Crippen LogP contribution in [0.3, 0.4) is 0 Å². The molecule has 28 heavy (non-hydrogen) atoms. The SMILES string of the molecule is CCCN(CC)c1ccc(CCC(=O)NC(C(=O)OCC)C(=O)OCC)cc1. The van der Waals surface area contributed by atoms with Gasteiger partial charge >= 0.3 is 11.9 Å². The van der Waals surface area contributed by atoms with E-state index in [0.29, 0.717) is 6.42 Å². The molecule has 0 fully saturated rings. The summed E-state index contributed by atoms with van der Waals surface area (Å²) in [6.45, 7) is 9.71. The van der Waals surface area contributed by atoms with Gasteiger partial charge in [-0.3, -0.25) is 4.79 Å². The van der Waals surface area contributed by atoms with Crippen molar-refractivity contribution in [3.8, 4) is 0 Å². The Kier molecular flexibility index (Phi) is 10.7. The molecule has 1 amide bonds. The topological polar surface area (TPSA) is 84.9 Å². The Bertz CT molecular complexity index is 612. The van der Waals surface area contributed by atoms with E-state index in [4.69, 9.17) is 9.47 Å². The molecule has 0 aliphatic carbocycles. The van der Waals surface area contributed by atoms with Crippen molar-refractivity contribution in [1.82, 2.24) is 5.32 Å². The van der Waals surface area contributed by atoms with Gasteiger partial charge in [-0.2, -0.15) is 0 Å². The number of esters is 2. The van der Waals surface area contributed by atoms with Crippen LogP contribution in [0, 0.1) is 0 Å². The van der Waals surface area contributed by atoms with Crippen molar-refractivity contribution < 1.29 is 23.9 Å². The number of aryl methyl sites for hydroxylation is 1. The molecule has 0 saturated heterocycles. The predicted octanol–water partition coefficient (Wildman–Crippen LogP) is 2.47. The van der Waals surface area contributed by atoms with Crippen LogP contribution in [0.1, 0.15) is 46.1 Å². The van der Waals surface area contributed by atoms with Gasteiger partial charge < -0.3 is 19.7 Å². The summed E-state index contributed by atoms with van der Waals surface area (Å²) in [6, 6.07) is 6.66. The molecule has 7 nitrogen and oxygen atoms in total. The van der Waals surface area contributed by atoms with E-state index in [2.05, 4.69) is 24.1 Å². The van der Waals surface area contributed by atoms with Crippen molar-refractivity contribution in [1.29, 1.82) is 0 Å². The first-order valence-electron chi connectivity index (χ1n) is 9.93. The van der Waals surface area contributed by atoms with Crippen molar-refractivity contribution in [2.75, 3.05) is 31.2 Å². The molecule has 1 aromatic carbocycles. The molecule has 1 N–H and O–H groups in total. The number of ether oxygens (including phenoxy) is 2. The van der Waals surface area contributed by atoms with Crippen LogP contribution >= 0.6 is 0 Å². The van der Waals surface area contributed by atoms with Gasteiger partial charge in [0, 0.05) is 25.2 Å². The van der Waals surface area contributed by atoms with E-state index in [9.17, 15) is 14.4 Å². The summed E-state index contributed by atoms with van der Waals surface area (Å²) in [5, 5.41) is 2.42. The van der Waals surface area contributed by atoms with Crippen LogP contribution in [-0.2, 0) is 30.3 Å². The van der Waals surface area contributed by atoms with Gasteiger partial charge in [0.1, 0.15) is 0 Å². The summed E-state index contributed by atoms with van der Waals surface area (Å²) in [4.78, 5) is 38.3. The second-order valence-electron chi connectivity index (χ2n) is 6.25. The van der Waals surface area contributed by atoms with Gasteiger partial charge in [-0.1, -0.05) is 19.1 Å². The Hall–Kier alpha value is -2.57. The molecule has 0 unspecified atom stereocenters. The van der Waals surface area contributed by atoms with E-state index >= 15 is 0 Å². The van der Waals surface area contributed by atoms with Crippen LogP contribution in [0.2, 0.25) is 0 Å². The summed E-state index contributed by atoms with van der Waals surface area (Å²) in [5.74, 6) is -2.03. The van der Waals surface area contributed by atoms with Crippen LogP contribution in [0.15, 0.2) is 24.3 Å². The first kappa shape index (κ1) is 23.5. The van der Waals surface area contributed by atoms with Crippen molar-refractivity contribution in [3.05, 3.63) is 29.8 Å². The highest BCUT2D eigenvalue weighted by atomic mass is 16.6. The van der Waals surface area contributed by atoms with Crippen LogP contribution in [0.5, 0.6) is 0 Å². The van der Waals surface area contributed by atoms with Gasteiger partial charge in [0.05, 0.1) is 13.2 Å². The minimum atomic E-state index is -1.43. The number of amides is 1. The molecule has 7 heteroatoms.